The molecular formula is C23H20FNO5. The van der Waals surface area contributed by atoms with E-state index in [1.54, 1.807) is 24.3 Å². The molecule has 154 valence electrons. The van der Waals surface area contributed by atoms with Crippen molar-refractivity contribution in [2.24, 2.45) is 0 Å². The van der Waals surface area contributed by atoms with Crippen LogP contribution in [-0.4, -0.2) is 25.1 Å². The molecule has 0 aliphatic heterocycles. The topological polar surface area (TPSA) is 73.9 Å². The highest BCUT2D eigenvalue weighted by Gasteiger charge is 2.09. The van der Waals surface area contributed by atoms with Crippen LogP contribution in [0.15, 0.2) is 78.9 Å². The molecule has 0 atom stereocenters. The smallest absolute Gasteiger partial charge is 0.344 e. The summed E-state index contributed by atoms with van der Waals surface area (Å²) in [5.41, 5.74) is 1.59. The van der Waals surface area contributed by atoms with Gasteiger partial charge in [0.2, 0.25) is 0 Å². The Morgan fingerprint density at radius 2 is 1.57 bits per heavy atom. The number of rotatable bonds is 9. The van der Waals surface area contributed by atoms with Crippen LogP contribution in [0.25, 0.3) is 0 Å². The van der Waals surface area contributed by atoms with Crippen LogP contribution in [0.2, 0.25) is 0 Å². The molecule has 30 heavy (non-hydrogen) atoms. The zero-order chi connectivity index (χ0) is 21.2. The molecule has 0 aromatic heterocycles. The maximum Gasteiger partial charge on any atom is 0.344 e. The number of carbonyl (C=O) groups is 2. The Balaban J connectivity index is 1.37. The summed E-state index contributed by atoms with van der Waals surface area (Å²) in [7, 11) is 0. The number of carbonyl (C=O) groups excluding carboxylic acids is 2. The van der Waals surface area contributed by atoms with Gasteiger partial charge in [-0.3, -0.25) is 4.79 Å². The summed E-state index contributed by atoms with van der Waals surface area (Å²) in [5.74, 6) is -0.841. The Hall–Kier alpha value is -3.87. The first kappa shape index (κ1) is 20.9. The van der Waals surface area contributed by atoms with Gasteiger partial charge in [-0.15, -0.1) is 0 Å². The fraction of sp³-hybridized carbons (Fsp3) is 0.130. The molecule has 0 aliphatic carbocycles. The molecule has 0 heterocycles. The van der Waals surface area contributed by atoms with Crippen molar-refractivity contribution in [1.29, 1.82) is 0 Å². The minimum atomic E-state index is -0.737. The zero-order valence-corrected chi connectivity index (χ0v) is 16.0. The van der Waals surface area contributed by atoms with E-state index in [9.17, 15) is 14.0 Å². The summed E-state index contributed by atoms with van der Waals surface area (Å²) in [6.45, 7) is -0.442. The van der Waals surface area contributed by atoms with Gasteiger partial charge in [-0.25, -0.2) is 9.18 Å². The van der Waals surface area contributed by atoms with E-state index in [1.165, 1.54) is 18.2 Å². The van der Waals surface area contributed by atoms with Gasteiger partial charge in [0.15, 0.2) is 13.2 Å². The second-order valence-corrected chi connectivity index (χ2v) is 6.25. The van der Waals surface area contributed by atoms with Crippen LogP contribution >= 0.6 is 0 Å². The largest absolute Gasteiger partial charge is 0.489 e. The summed E-state index contributed by atoms with van der Waals surface area (Å²) in [6.07, 6.45) is 0. The standard InChI is InChI=1S/C23H20FNO5/c24-18-7-4-8-21(13-18)29-16-23(27)30-15-22(26)25-19-9-11-20(12-10-19)28-14-17-5-2-1-3-6-17/h1-13H,14-16H2,(H,25,26). The molecule has 1 amide bonds. The van der Waals surface area contributed by atoms with Crippen molar-refractivity contribution in [2.75, 3.05) is 18.5 Å². The average molecular weight is 409 g/mol. The molecule has 1 N–H and O–H groups in total. The monoisotopic (exact) mass is 409 g/mol. The number of hydrogen-bond acceptors (Lipinski definition) is 5. The molecule has 7 heteroatoms. The Bertz CT molecular complexity index is 976. The Labute approximate surface area is 173 Å². The molecule has 6 nitrogen and oxygen atoms in total. The van der Waals surface area contributed by atoms with Crippen molar-refractivity contribution in [1.82, 2.24) is 0 Å². The van der Waals surface area contributed by atoms with E-state index in [-0.39, 0.29) is 5.75 Å². The van der Waals surface area contributed by atoms with Gasteiger partial charge in [0.05, 0.1) is 0 Å². The third-order valence-electron chi connectivity index (χ3n) is 3.90. The molecule has 0 fully saturated rings. The van der Waals surface area contributed by atoms with Crippen molar-refractivity contribution >= 4 is 17.6 Å². The number of amides is 1. The van der Waals surface area contributed by atoms with Gasteiger partial charge < -0.3 is 19.5 Å². The Kier molecular flexibility index (Phi) is 7.38. The first-order chi connectivity index (χ1) is 14.6. The first-order valence-corrected chi connectivity index (χ1v) is 9.19. The molecule has 0 spiro atoms. The first-order valence-electron chi connectivity index (χ1n) is 9.19. The van der Waals surface area contributed by atoms with Crippen molar-refractivity contribution in [2.45, 2.75) is 6.61 Å². The van der Waals surface area contributed by atoms with Gasteiger partial charge in [-0.2, -0.15) is 0 Å². The lowest BCUT2D eigenvalue weighted by molar-refractivity contribution is -0.149. The average Bonchev–Trinajstić information content (AvgIpc) is 2.76. The van der Waals surface area contributed by atoms with Crippen LogP contribution < -0.4 is 14.8 Å². The quantitative estimate of drug-likeness (QED) is 0.542. The molecule has 0 bridgehead atoms. The maximum absolute atomic E-state index is 13.0. The maximum atomic E-state index is 13.0. The third kappa shape index (κ3) is 6.94. The van der Waals surface area contributed by atoms with Crippen LogP contribution in [0.5, 0.6) is 11.5 Å². The second kappa shape index (κ2) is 10.6. The van der Waals surface area contributed by atoms with E-state index in [0.29, 0.717) is 18.0 Å². The van der Waals surface area contributed by atoms with Crippen LogP contribution in [0.3, 0.4) is 0 Å². The lowest BCUT2D eigenvalue weighted by Gasteiger charge is -2.09. The van der Waals surface area contributed by atoms with Crippen molar-refractivity contribution in [3.05, 3.63) is 90.2 Å². The summed E-state index contributed by atoms with van der Waals surface area (Å²) in [4.78, 5) is 23.6. The fourth-order valence-corrected chi connectivity index (χ4v) is 2.46. The number of esters is 1. The van der Waals surface area contributed by atoms with E-state index in [0.717, 1.165) is 11.6 Å². The van der Waals surface area contributed by atoms with Gasteiger partial charge in [0.25, 0.3) is 5.91 Å². The summed E-state index contributed by atoms with van der Waals surface area (Å²) in [5, 5.41) is 2.62. The van der Waals surface area contributed by atoms with E-state index in [2.05, 4.69) is 5.32 Å². The number of nitrogens with one attached hydrogen (secondary N) is 1. The Morgan fingerprint density at radius 1 is 0.800 bits per heavy atom. The molecule has 3 aromatic carbocycles. The van der Waals surface area contributed by atoms with Crippen LogP contribution in [0.4, 0.5) is 10.1 Å². The summed E-state index contributed by atoms with van der Waals surface area (Å²) in [6, 6.07) is 22.0. The number of anilines is 1. The number of benzene rings is 3. The van der Waals surface area contributed by atoms with E-state index >= 15 is 0 Å². The lowest BCUT2D eigenvalue weighted by Crippen LogP contribution is -2.23. The third-order valence-corrected chi connectivity index (χ3v) is 3.90. The molecule has 3 rings (SSSR count). The molecule has 3 aromatic rings. The van der Waals surface area contributed by atoms with Gasteiger partial charge in [-0.1, -0.05) is 36.4 Å². The predicted octanol–water partition coefficient (Wildman–Crippen LogP) is 3.97. The van der Waals surface area contributed by atoms with E-state index in [1.807, 2.05) is 30.3 Å². The van der Waals surface area contributed by atoms with Crippen LogP contribution in [-0.2, 0) is 20.9 Å². The molecule has 0 aliphatic rings. The number of hydrogen-bond donors (Lipinski definition) is 1. The fourth-order valence-electron chi connectivity index (χ4n) is 2.46. The minimum Gasteiger partial charge on any atom is -0.489 e. The molecule has 0 radical (unpaired) electrons. The summed E-state index contributed by atoms with van der Waals surface area (Å²) >= 11 is 0. The highest BCUT2D eigenvalue weighted by Crippen LogP contribution is 2.17. The van der Waals surface area contributed by atoms with E-state index < -0.39 is 30.9 Å². The van der Waals surface area contributed by atoms with Gasteiger partial charge in [0, 0.05) is 11.8 Å². The van der Waals surface area contributed by atoms with Crippen molar-refractivity contribution in [3.63, 3.8) is 0 Å². The molecular weight excluding hydrogens is 389 g/mol. The highest BCUT2D eigenvalue weighted by molar-refractivity contribution is 5.92. The normalized spacial score (nSPS) is 10.2. The van der Waals surface area contributed by atoms with Crippen LogP contribution in [0.1, 0.15) is 5.56 Å². The van der Waals surface area contributed by atoms with Gasteiger partial charge >= 0.3 is 5.97 Å². The van der Waals surface area contributed by atoms with Gasteiger partial charge in [0.1, 0.15) is 23.9 Å². The lowest BCUT2D eigenvalue weighted by atomic mass is 10.2. The molecule has 0 saturated carbocycles. The number of halogens is 1. The zero-order valence-electron chi connectivity index (χ0n) is 16.0. The minimum absolute atomic E-state index is 0.200. The predicted molar refractivity (Wildman–Crippen MR) is 109 cm³/mol. The highest BCUT2D eigenvalue weighted by atomic mass is 19.1. The Morgan fingerprint density at radius 3 is 2.30 bits per heavy atom. The van der Waals surface area contributed by atoms with E-state index in [4.69, 9.17) is 14.2 Å². The molecule has 0 saturated heterocycles. The van der Waals surface area contributed by atoms with Crippen LogP contribution in [0, 0.1) is 5.82 Å². The SMILES string of the molecule is O=C(COC(=O)COc1cccc(F)c1)Nc1ccc(OCc2ccccc2)cc1. The van der Waals surface area contributed by atoms with Gasteiger partial charge in [-0.05, 0) is 42.0 Å². The summed E-state index contributed by atoms with van der Waals surface area (Å²) < 4.78 is 28.7. The molecule has 0 unspecified atom stereocenters. The van der Waals surface area contributed by atoms with Crippen molar-refractivity contribution < 1.29 is 28.2 Å². The van der Waals surface area contributed by atoms with Crippen molar-refractivity contribution in [3.8, 4) is 11.5 Å². The number of ether oxygens (including phenoxy) is 3. The second-order valence-electron chi connectivity index (χ2n) is 6.25.